The van der Waals surface area contributed by atoms with Gasteiger partial charge in [0.15, 0.2) is 0 Å². The van der Waals surface area contributed by atoms with Crippen molar-refractivity contribution in [3.63, 3.8) is 0 Å². The Morgan fingerprint density at radius 2 is 2.00 bits per heavy atom. The highest BCUT2D eigenvalue weighted by Crippen LogP contribution is 2.31. The van der Waals surface area contributed by atoms with Crippen LogP contribution in [0.2, 0.25) is 0 Å². The molecule has 2 N–H and O–H groups in total. The normalized spacial score (nSPS) is 16.9. The van der Waals surface area contributed by atoms with Gasteiger partial charge < -0.3 is 15.5 Å². The van der Waals surface area contributed by atoms with Gasteiger partial charge in [0.1, 0.15) is 0 Å². The van der Waals surface area contributed by atoms with Gasteiger partial charge in [-0.3, -0.25) is 19.3 Å². The van der Waals surface area contributed by atoms with Gasteiger partial charge in [0.25, 0.3) is 0 Å². The standard InChI is InChI=1S/C23H27BrN4O3/c1-14-9-10-18(17(24)11-14)26-23(31)16(3)27(4)13-22(30)28-15(2)12-21(29)25-19-7-5-6-8-20(19)28/h5-11,15-16H,12-13H2,1-4H3,(H,25,29)(H,26,31)/t15-,16+/m0/s1. The average Bonchev–Trinajstić information content (AvgIpc) is 2.83. The molecule has 0 radical (unpaired) electrons. The lowest BCUT2D eigenvalue weighted by Crippen LogP contribution is -2.48. The quantitative estimate of drug-likeness (QED) is 0.673. The van der Waals surface area contributed by atoms with Crippen LogP contribution in [0.4, 0.5) is 17.1 Å². The van der Waals surface area contributed by atoms with Gasteiger partial charge in [-0.15, -0.1) is 0 Å². The number of hydrogen-bond donors (Lipinski definition) is 2. The van der Waals surface area contributed by atoms with Gasteiger partial charge in [-0.2, -0.15) is 0 Å². The number of nitrogens with zero attached hydrogens (tertiary/aromatic N) is 2. The van der Waals surface area contributed by atoms with Crippen LogP contribution in [0.25, 0.3) is 0 Å². The third-order valence-electron chi connectivity index (χ3n) is 5.44. The maximum absolute atomic E-state index is 13.2. The van der Waals surface area contributed by atoms with Gasteiger partial charge in [-0.25, -0.2) is 0 Å². The van der Waals surface area contributed by atoms with E-state index in [-0.39, 0.29) is 36.7 Å². The minimum absolute atomic E-state index is 0.0382. The molecule has 1 aliphatic heterocycles. The van der Waals surface area contributed by atoms with E-state index in [0.717, 1.165) is 10.0 Å². The summed E-state index contributed by atoms with van der Waals surface area (Å²) in [7, 11) is 1.74. The first kappa shape index (κ1) is 23.0. The van der Waals surface area contributed by atoms with Crippen molar-refractivity contribution in [2.24, 2.45) is 0 Å². The summed E-state index contributed by atoms with van der Waals surface area (Å²) in [4.78, 5) is 41.5. The van der Waals surface area contributed by atoms with Crippen molar-refractivity contribution in [1.82, 2.24) is 4.90 Å². The third-order valence-corrected chi connectivity index (χ3v) is 6.09. The SMILES string of the molecule is Cc1ccc(NC(=O)[C@@H](C)N(C)CC(=O)N2c3ccccc3NC(=O)C[C@@H]2C)c(Br)c1. The van der Waals surface area contributed by atoms with Crippen LogP contribution in [0.15, 0.2) is 46.9 Å². The molecule has 0 saturated heterocycles. The molecule has 3 rings (SSSR count). The molecule has 0 fully saturated rings. The first-order chi connectivity index (χ1) is 14.7. The second kappa shape index (κ2) is 9.62. The van der Waals surface area contributed by atoms with Crippen molar-refractivity contribution in [3.8, 4) is 0 Å². The zero-order valence-electron chi connectivity index (χ0n) is 18.1. The van der Waals surface area contributed by atoms with Crippen molar-refractivity contribution in [2.45, 2.75) is 39.3 Å². The summed E-state index contributed by atoms with van der Waals surface area (Å²) in [6, 6.07) is 12.1. The summed E-state index contributed by atoms with van der Waals surface area (Å²) < 4.78 is 0.805. The Kier molecular flexibility index (Phi) is 7.12. The summed E-state index contributed by atoms with van der Waals surface area (Å²) in [6.07, 6.45) is 0.210. The highest BCUT2D eigenvalue weighted by molar-refractivity contribution is 9.10. The number of carbonyl (C=O) groups is 3. The molecule has 0 bridgehead atoms. The second-order valence-corrected chi connectivity index (χ2v) is 8.80. The molecule has 2 aromatic carbocycles. The van der Waals surface area contributed by atoms with Gasteiger partial charge in [0.05, 0.1) is 29.6 Å². The molecule has 2 atom stereocenters. The fourth-order valence-electron chi connectivity index (χ4n) is 3.55. The number of fused-ring (bicyclic) bond motifs is 1. The Bertz CT molecular complexity index is 1010. The fourth-order valence-corrected chi connectivity index (χ4v) is 4.15. The molecule has 1 aliphatic rings. The molecule has 8 heteroatoms. The van der Waals surface area contributed by atoms with Crippen LogP contribution < -0.4 is 15.5 Å². The molecule has 0 unspecified atom stereocenters. The van der Waals surface area contributed by atoms with Crippen LogP contribution in [-0.4, -0.2) is 48.3 Å². The molecule has 2 aromatic rings. The molecule has 3 amide bonds. The Morgan fingerprint density at radius 3 is 2.71 bits per heavy atom. The third kappa shape index (κ3) is 5.32. The number of halogens is 1. The first-order valence-electron chi connectivity index (χ1n) is 10.2. The number of hydrogen-bond acceptors (Lipinski definition) is 4. The molecule has 31 heavy (non-hydrogen) atoms. The maximum atomic E-state index is 13.2. The molecule has 0 saturated carbocycles. The van der Waals surface area contributed by atoms with E-state index < -0.39 is 6.04 Å². The number of likely N-dealkylation sites (N-methyl/N-ethyl adjacent to an activating group) is 1. The topological polar surface area (TPSA) is 81.8 Å². The number of amides is 3. The Hall–Kier alpha value is -2.71. The van der Waals surface area contributed by atoms with Gasteiger partial charge >= 0.3 is 0 Å². The Morgan fingerprint density at radius 1 is 1.29 bits per heavy atom. The second-order valence-electron chi connectivity index (χ2n) is 7.95. The van der Waals surface area contributed by atoms with Crippen LogP contribution in [0.3, 0.4) is 0 Å². The van der Waals surface area contributed by atoms with Crippen molar-refractivity contribution < 1.29 is 14.4 Å². The van der Waals surface area contributed by atoms with Gasteiger partial charge in [-0.05, 0) is 73.6 Å². The monoisotopic (exact) mass is 486 g/mol. The molecule has 7 nitrogen and oxygen atoms in total. The maximum Gasteiger partial charge on any atom is 0.241 e. The highest BCUT2D eigenvalue weighted by atomic mass is 79.9. The van der Waals surface area contributed by atoms with Gasteiger partial charge in [0, 0.05) is 16.9 Å². The predicted octanol–water partition coefficient (Wildman–Crippen LogP) is 3.78. The van der Waals surface area contributed by atoms with Crippen LogP contribution in [0.1, 0.15) is 25.8 Å². The van der Waals surface area contributed by atoms with Crippen molar-refractivity contribution in [2.75, 3.05) is 29.1 Å². The summed E-state index contributed by atoms with van der Waals surface area (Å²) in [5.41, 5.74) is 3.05. The minimum Gasteiger partial charge on any atom is -0.324 e. The zero-order valence-corrected chi connectivity index (χ0v) is 19.7. The summed E-state index contributed by atoms with van der Waals surface area (Å²) in [5, 5.41) is 5.76. The van der Waals surface area contributed by atoms with E-state index in [9.17, 15) is 14.4 Å². The number of nitrogens with one attached hydrogen (secondary N) is 2. The number of carbonyl (C=O) groups excluding carboxylic acids is 3. The zero-order chi connectivity index (χ0) is 22.7. The number of para-hydroxylation sites is 2. The summed E-state index contributed by atoms with van der Waals surface area (Å²) in [6.45, 7) is 5.63. The van der Waals surface area contributed by atoms with Crippen LogP contribution >= 0.6 is 15.9 Å². The van der Waals surface area contributed by atoms with Crippen LogP contribution in [0, 0.1) is 6.92 Å². The molecule has 0 aliphatic carbocycles. The van der Waals surface area contributed by atoms with E-state index in [2.05, 4.69) is 26.6 Å². The molecule has 1 heterocycles. The van der Waals surface area contributed by atoms with E-state index in [0.29, 0.717) is 17.1 Å². The van der Waals surface area contributed by atoms with E-state index in [1.807, 2.05) is 50.2 Å². The number of aryl methyl sites for hydroxylation is 1. The molecule has 164 valence electrons. The van der Waals surface area contributed by atoms with E-state index in [1.54, 1.807) is 29.8 Å². The highest BCUT2D eigenvalue weighted by Gasteiger charge is 2.31. The molecule has 0 aromatic heterocycles. The van der Waals surface area contributed by atoms with Crippen LogP contribution in [0.5, 0.6) is 0 Å². The molecular formula is C23H27BrN4O3. The van der Waals surface area contributed by atoms with E-state index in [1.165, 1.54) is 0 Å². The van der Waals surface area contributed by atoms with Crippen molar-refractivity contribution in [3.05, 3.63) is 52.5 Å². The summed E-state index contributed by atoms with van der Waals surface area (Å²) >= 11 is 3.47. The summed E-state index contributed by atoms with van der Waals surface area (Å²) in [5.74, 6) is -0.504. The minimum atomic E-state index is -0.533. The first-order valence-corrected chi connectivity index (χ1v) is 10.9. The average molecular weight is 487 g/mol. The fraction of sp³-hybridized carbons (Fsp3) is 0.348. The van der Waals surface area contributed by atoms with Gasteiger partial charge in [0.2, 0.25) is 17.7 Å². The Balaban J connectivity index is 1.71. The molecular weight excluding hydrogens is 460 g/mol. The number of rotatable bonds is 5. The van der Waals surface area contributed by atoms with Crippen LogP contribution in [-0.2, 0) is 14.4 Å². The Labute approximate surface area is 190 Å². The lowest BCUT2D eigenvalue weighted by molar-refractivity contribution is -0.123. The van der Waals surface area contributed by atoms with Crippen molar-refractivity contribution in [1.29, 1.82) is 0 Å². The van der Waals surface area contributed by atoms with E-state index in [4.69, 9.17) is 0 Å². The van der Waals surface area contributed by atoms with Gasteiger partial charge in [-0.1, -0.05) is 18.2 Å². The smallest absolute Gasteiger partial charge is 0.241 e. The lowest BCUT2D eigenvalue weighted by atomic mass is 10.1. The number of anilines is 3. The predicted molar refractivity (Wildman–Crippen MR) is 126 cm³/mol. The van der Waals surface area contributed by atoms with E-state index >= 15 is 0 Å². The lowest BCUT2D eigenvalue weighted by Gasteiger charge is -2.31. The molecule has 0 spiro atoms. The van der Waals surface area contributed by atoms with Crippen molar-refractivity contribution >= 4 is 50.7 Å². The largest absolute Gasteiger partial charge is 0.324 e. The number of benzene rings is 2.